The molecule has 3 N–H and O–H groups in total. The number of hydrogen-bond donors (Lipinski definition) is 3. The van der Waals surface area contributed by atoms with Crippen LogP contribution in [0.4, 0.5) is 0 Å². The van der Waals surface area contributed by atoms with Crippen molar-refractivity contribution in [1.29, 1.82) is 5.26 Å². The number of nitrogens with zero attached hydrogens (tertiary/aromatic N) is 1. The molecule has 5 heteroatoms. The van der Waals surface area contributed by atoms with Gasteiger partial charge in [0.1, 0.15) is 5.54 Å². The van der Waals surface area contributed by atoms with Crippen molar-refractivity contribution in [1.82, 2.24) is 5.32 Å². The molecule has 0 spiro atoms. The SMILES string of the molecule is CC(C)NC1(C#N)CCCC1CCSCC(O)CO. The van der Waals surface area contributed by atoms with Crippen LogP contribution in [-0.2, 0) is 0 Å². The third-order valence-corrected chi connectivity index (χ3v) is 4.84. The summed E-state index contributed by atoms with van der Waals surface area (Å²) in [5.74, 6) is 1.91. The number of hydrogen-bond acceptors (Lipinski definition) is 5. The molecule has 110 valence electrons. The monoisotopic (exact) mass is 286 g/mol. The standard InChI is InChI=1S/C14H26N2O2S/c1-11(2)16-14(10-15)6-3-4-12(14)5-7-19-9-13(18)8-17/h11-13,16-18H,3-9H2,1-2H3. The molecular weight excluding hydrogens is 260 g/mol. The molecule has 4 nitrogen and oxygen atoms in total. The maximum Gasteiger partial charge on any atom is 0.109 e. The predicted octanol–water partition coefficient (Wildman–Crippen LogP) is 1.52. The Bertz CT molecular complexity index is 306. The van der Waals surface area contributed by atoms with Gasteiger partial charge in [-0.15, -0.1) is 0 Å². The number of nitriles is 1. The van der Waals surface area contributed by atoms with E-state index in [1.54, 1.807) is 11.8 Å². The lowest BCUT2D eigenvalue weighted by Crippen LogP contribution is -2.50. The molecular formula is C14H26N2O2S. The second kappa shape index (κ2) is 8.11. The minimum atomic E-state index is -0.622. The van der Waals surface area contributed by atoms with E-state index in [0.717, 1.165) is 31.4 Å². The molecule has 19 heavy (non-hydrogen) atoms. The summed E-state index contributed by atoms with van der Waals surface area (Å²) in [6.45, 7) is 4.00. The van der Waals surface area contributed by atoms with Crippen LogP contribution < -0.4 is 5.32 Å². The Labute approximate surface area is 120 Å². The molecule has 1 fully saturated rings. The van der Waals surface area contributed by atoms with Crippen LogP contribution in [0.3, 0.4) is 0 Å². The zero-order valence-electron chi connectivity index (χ0n) is 11.9. The molecule has 0 bridgehead atoms. The number of thioether (sulfide) groups is 1. The van der Waals surface area contributed by atoms with E-state index in [1.165, 1.54) is 0 Å². The Hall–Kier alpha value is -0.280. The van der Waals surface area contributed by atoms with Crippen LogP contribution in [-0.4, -0.2) is 46.0 Å². The van der Waals surface area contributed by atoms with Gasteiger partial charge in [-0.05, 0) is 44.8 Å². The van der Waals surface area contributed by atoms with E-state index in [9.17, 15) is 10.4 Å². The molecule has 0 aromatic heterocycles. The first-order valence-corrected chi connectivity index (χ1v) is 8.25. The Morgan fingerprint density at radius 3 is 2.84 bits per heavy atom. The molecule has 0 radical (unpaired) electrons. The first kappa shape index (κ1) is 16.8. The fourth-order valence-corrected chi connectivity index (χ4v) is 3.85. The smallest absolute Gasteiger partial charge is 0.109 e. The molecule has 1 aliphatic rings. The highest BCUT2D eigenvalue weighted by molar-refractivity contribution is 7.99. The molecule has 3 atom stereocenters. The van der Waals surface area contributed by atoms with Crippen LogP contribution in [0.25, 0.3) is 0 Å². The van der Waals surface area contributed by atoms with E-state index >= 15 is 0 Å². The van der Waals surface area contributed by atoms with Gasteiger partial charge in [-0.1, -0.05) is 6.42 Å². The largest absolute Gasteiger partial charge is 0.394 e. The highest BCUT2D eigenvalue weighted by Crippen LogP contribution is 2.38. The lowest BCUT2D eigenvalue weighted by Gasteiger charge is -2.32. The molecule has 0 aliphatic heterocycles. The average Bonchev–Trinajstić information content (AvgIpc) is 2.77. The molecule has 0 saturated heterocycles. The van der Waals surface area contributed by atoms with Crippen LogP contribution in [0, 0.1) is 17.2 Å². The molecule has 1 saturated carbocycles. The topological polar surface area (TPSA) is 76.3 Å². The molecule has 0 heterocycles. The molecule has 0 aromatic rings. The Morgan fingerprint density at radius 1 is 1.53 bits per heavy atom. The second-order valence-corrected chi connectivity index (χ2v) is 6.82. The summed E-state index contributed by atoms with van der Waals surface area (Å²) in [4.78, 5) is 0. The zero-order valence-corrected chi connectivity index (χ0v) is 12.7. The van der Waals surface area contributed by atoms with Crippen molar-refractivity contribution in [3.8, 4) is 6.07 Å². The number of nitrogens with one attached hydrogen (secondary N) is 1. The van der Waals surface area contributed by atoms with Crippen LogP contribution in [0.2, 0.25) is 0 Å². The highest BCUT2D eigenvalue weighted by atomic mass is 32.2. The van der Waals surface area contributed by atoms with Gasteiger partial charge in [0.05, 0.1) is 18.8 Å². The van der Waals surface area contributed by atoms with Crippen LogP contribution >= 0.6 is 11.8 Å². The van der Waals surface area contributed by atoms with Crippen molar-refractivity contribution in [3.63, 3.8) is 0 Å². The van der Waals surface area contributed by atoms with E-state index in [-0.39, 0.29) is 12.1 Å². The van der Waals surface area contributed by atoms with Gasteiger partial charge < -0.3 is 10.2 Å². The van der Waals surface area contributed by atoms with Crippen LogP contribution in [0.15, 0.2) is 0 Å². The third-order valence-electron chi connectivity index (χ3n) is 3.70. The van der Waals surface area contributed by atoms with Gasteiger partial charge in [0.15, 0.2) is 0 Å². The van der Waals surface area contributed by atoms with E-state index in [2.05, 4.69) is 25.2 Å². The normalized spacial score (nSPS) is 28.5. The Kier molecular flexibility index (Phi) is 7.16. The van der Waals surface area contributed by atoms with Crippen molar-refractivity contribution in [2.75, 3.05) is 18.1 Å². The molecule has 1 aliphatic carbocycles. The van der Waals surface area contributed by atoms with Gasteiger partial charge in [0, 0.05) is 11.8 Å². The maximum absolute atomic E-state index is 9.53. The van der Waals surface area contributed by atoms with Gasteiger partial charge in [-0.3, -0.25) is 5.32 Å². The zero-order chi connectivity index (χ0) is 14.3. The van der Waals surface area contributed by atoms with Crippen molar-refractivity contribution in [2.45, 2.75) is 57.2 Å². The summed E-state index contributed by atoms with van der Waals surface area (Å²) >= 11 is 1.66. The van der Waals surface area contributed by atoms with Gasteiger partial charge in [0.2, 0.25) is 0 Å². The van der Waals surface area contributed by atoms with Gasteiger partial charge in [-0.2, -0.15) is 17.0 Å². The second-order valence-electron chi connectivity index (χ2n) is 5.67. The van der Waals surface area contributed by atoms with Gasteiger partial charge in [-0.25, -0.2) is 0 Å². The summed E-state index contributed by atoms with van der Waals surface area (Å²) in [5.41, 5.74) is -0.357. The molecule has 3 unspecified atom stereocenters. The number of aliphatic hydroxyl groups is 2. The lowest BCUT2D eigenvalue weighted by molar-refractivity contribution is 0.113. The summed E-state index contributed by atoms with van der Waals surface area (Å²) < 4.78 is 0. The molecule has 0 aromatic carbocycles. The molecule has 1 rings (SSSR count). The average molecular weight is 286 g/mol. The summed E-state index contributed by atoms with van der Waals surface area (Å²) in [7, 11) is 0. The maximum atomic E-state index is 9.53. The van der Waals surface area contributed by atoms with Gasteiger partial charge >= 0.3 is 0 Å². The van der Waals surface area contributed by atoms with Crippen molar-refractivity contribution < 1.29 is 10.2 Å². The fraction of sp³-hybridized carbons (Fsp3) is 0.929. The molecule has 0 amide bonds. The Balaban J connectivity index is 2.41. The third kappa shape index (κ3) is 4.96. The first-order chi connectivity index (χ1) is 9.04. The van der Waals surface area contributed by atoms with E-state index in [1.807, 2.05) is 0 Å². The minimum Gasteiger partial charge on any atom is -0.394 e. The lowest BCUT2D eigenvalue weighted by atomic mass is 9.86. The number of aliphatic hydroxyl groups excluding tert-OH is 2. The predicted molar refractivity (Wildman–Crippen MR) is 79.0 cm³/mol. The quantitative estimate of drug-likeness (QED) is 0.590. The van der Waals surface area contributed by atoms with Crippen molar-refractivity contribution in [3.05, 3.63) is 0 Å². The fourth-order valence-electron chi connectivity index (χ4n) is 2.85. The van der Waals surface area contributed by atoms with Crippen LogP contribution in [0.5, 0.6) is 0 Å². The van der Waals surface area contributed by atoms with Crippen LogP contribution in [0.1, 0.15) is 39.5 Å². The van der Waals surface area contributed by atoms with E-state index < -0.39 is 6.10 Å². The number of rotatable bonds is 8. The Morgan fingerprint density at radius 2 is 2.26 bits per heavy atom. The van der Waals surface area contributed by atoms with E-state index in [4.69, 9.17) is 5.11 Å². The van der Waals surface area contributed by atoms with Gasteiger partial charge in [0.25, 0.3) is 0 Å². The van der Waals surface area contributed by atoms with Crippen molar-refractivity contribution >= 4 is 11.8 Å². The summed E-state index contributed by atoms with van der Waals surface area (Å²) in [6, 6.07) is 2.83. The summed E-state index contributed by atoms with van der Waals surface area (Å²) in [6.07, 6.45) is 3.54. The minimum absolute atomic E-state index is 0.173. The van der Waals surface area contributed by atoms with E-state index in [0.29, 0.717) is 17.7 Å². The first-order valence-electron chi connectivity index (χ1n) is 7.09. The highest BCUT2D eigenvalue weighted by Gasteiger charge is 2.42. The summed E-state index contributed by atoms with van der Waals surface area (Å²) in [5, 5.41) is 31.0. The van der Waals surface area contributed by atoms with Crippen molar-refractivity contribution in [2.24, 2.45) is 5.92 Å².